The lowest BCUT2D eigenvalue weighted by molar-refractivity contribution is 0.630. The highest BCUT2D eigenvalue weighted by molar-refractivity contribution is 6.32. The molecule has 22 heavy (non-hydrogen) atoms. The fraction of sp³-hybridized carbons (Fsp3) is 0.0667. The third kappa shape index (κ3) is 2.32. The van der Waals surface area contributed by atoms with Crippen LogP contribution in [0.3, 0.4) is 0 Å². The van der Waals surface area contributed by atoms with Gasteiger partial charge in [0.05, 0.1) is 21.2 Å². The highest BCUT2D eigenvalue weighted by Gasteiger charge is 2.15. The summed E-state index contributed by atoms with van der Waals surface area (Å²) in [5, 5.41) is 3.52. The standard InChI is InChI=1S/C15H10Cl2FN3O/c1-19-14-8-6-11(18)10(17)7-13(8)21(15(22)20-14)12-5-3-2-4-9(12)16/h2-7H,1H3,(H,19,20,22). The van der Waals surface area contributed by atoms with E-state index in [1.54, 1.807) is 31.3 Å². The molecule has 1 N–H and O–H groups in total. The zero-order chi connectivity index (χ0) is 15.9. The van der Waals surface area contributed by atoms with Crippen molar-refractivity contribution in [2.24, 2.45) is 0 Å². The Morgan fingerprint density at radius 2 is 1.91 bits per heavy atom. The van der Waals surface area contributed by atoms with E-state index in [4.69, 9.17) is 23.2 Å². The van der Waals surface area contributed by atoms with E-state index >= 15 is 0 Å². The Bertz CT molecular complexity index is 940. The second-order valence-corrected chi connectivity index (χ2v) is 5.38. The van der Waals surface area contributed by atoms with E-state index in [9.17, 15) is 9.18 Å². The number of hydrogen-bond acceptors (Lipinski definition) is 3. The molecule has 0 amide bonds. The van der Waals surface area contributed by atoms with Gasteiger partial charge in [0.2, 0.25) is 0 Å². The number of nitrogens with zero attached hydrogens (tertiary/aromatic N) is 2. The van der Waals surface area contributed by atoms with E-state index < -0.39 is 11.5 Å². The number of anilines is 1. The summed E-state index contributed by atoms with van der Waals surface area (Å²) in [5.41, 5.74) is 0.341. The molecule has 0 radical (unpaired) electrons. The van der Waals surface area contributed by atoms with E-state index in [-0.39, 0.29) is 10.8 Å². The predicted octanol–water partition coefficient (Wildman–Crippen LogP) is 3.87. The molecule has 0 saturated heterocycles. The quantitative estimate of drug-likeness (QED) is 0.772. The Morgan fingerprint density at radius 3 is 2.59 bits per heavy atom. The molecule has 0 aliphatic heterocycles. The summed E-state index contributed by atoms with van der Waals surface area (Å²) in [5.74, 6) is -0.310. The van der Waals surface area contributed by atoms with Crippen LogP contribution in [0.5, 0.6) is 0 Å². The van der Waals surface area contributed by atoms with Gasteiger partial charge in [-0.15, -0.1) is 0 Å². The molecule has 2 aromatic carbocycles. The molecule has 0 saturated carbocycles. The van der Waals surface area contributed by atoms with Gasteiger partial charge in [0.25, 0.3) is 0 Å². The first-order chi connectivity index (χ1) is 10.5. The van der Waals surface area contributed by atoms with E-state index in [2.05, 4.69) is 10.3 Å². The summed E-state index contributed by atoms with van der Waals surface area (Å²) in [7, 11) is 1.60. The first-order valence-corrected chi connectivity index (χ1v) is 7.13. The van der Waals surface area contributed by atoms with E-state index in [0.29, 0.717) is 21.6 Å². The highest BCUT2D eigenvalue weighted by Crippen LogP contribution is 2.29. The van der Waals surface area contributed by atoms with Gasteiger partial charge in [-0.1, -0.05) is 35.3 Å². The van der Waals surface area contributed by atoms with Crippen molar-refractivity contribution >= 4 is 39.9 Å². The number of aromatic nitrogens is 2. The van der Waals surface area contributed by atoms with E-state index in [0.717, 1.165) is 0 Å². The fourth-order valence-electron chi connectivity index (χ4n) is 2.28. The smallest absolute Gasteiger partial charge is 0.354 e. The monoisotopic (exact) mass is 337 g/mol. The molecule has 0 spiro atoms. The molecule has 1 heterocycles. The van der Waals surface area contributed by atoms with Gasteiger partial charge in [-0.2, -0.15) is 4.98 Å². The first kappa shape index (κ1) is 14.8. The van der Waals surface area contributed by atoms with Crippen molar-refractivity contribution in [3.63, 3.8) is 0 Å². The lowest BCUT2D eigenvalue weighted by Gasteiger charge is -2.14. The predicted molar refractivity (Wildman–Crippen MR) is 86.9 cm³/mol. The Kier molecular flexibility index (Phi) is 3.76. The van der Waals surface area contributed by atoms with Crippen LogP contribution in [0.15, 0.2) is 41.2 Å². The van der Waals surface area contributed by atoms with Gasteiger partial charge in [0.15, 0.2) is 0 Å². The molecule has 0 atom stereocenters. The zero-order valence-corrected chi connectivity index (χ0v) is 12.9. The maximum atomic E-state index is 13.8. The van der Waals surface area contributed by atoms with Gasteiger partial charge in [0, 0.05) is 12.4 Å². The van der Waals surface area contributed by atoms with E-state index in [1.807, 2.05) is 0 Å². The molecule has 7 heteroatoms. The normalized spacial score (nSPS) is 10.9. The van der Waals surface area contributed by atoms with Crippen LogP contribution < -0.4 is 11.0 Å². The van der Waals surface area contributed by atoms with Crippen molar-refractivity contribution in [2.45, 2.75) is 0 Å². The van der Waals surface area contributed by atoms with Crippen LogP contribution in [-0.4, -0.2) is 16.6 Å². The summed E-state index contributed by atoms with van der Waals surface area (Å²) in [4.78, 5) is 16.3. The van der Waals surface area contributed by atoms with Crippen molar-refractivity contribution in [1.82, 2.24) is 9.55 Å². The Hall–Kier alpha value is -2.11. The highest BCUT2D eigenvalue weighted by atomic mass is 35.5. The molecule has 0 fully saturated rings. The van der Waals surface area contributed by atoms with Crippen molar-refractivity contribution in [1.29, 1.82) is 0 Å². The van der Waals surface area contributed by atoms with Gasteiger partial charge in [-0.25, -0.2) is 9.18 Å². The molecule has 3 aromatic rings. The minimum atomic E-state index is -0.586. The topological polar surface area (TPSA) is 46.9 Å². The fourth-order valence-corrected chi connectivity index (χ4v) is 2.65. The van der Waals surface area contributed by atoms with Crippen LogP contribution in [0.25, 0.3) is 16.6 Å². The zero-order valence-electron chi connectivity index (χ0n) is 11.4. The summed E-state index contributed by atoms with van der Waals surface area (Å²) >= 11 is 12.0. The maximum Gasteiger partial charge on any atom is 0.354 e. The Morgan fingerprint density at radius 1 is 1.18 bits per heavy atom. The molecule has 0 aliphatic rings. The minimum Gasteiger partial charge on any atom is -0.372 e. The average molecular weight is 338 g/mol. The lowest BCUT2D eigenvalue weighted by Crippen LogP contribution is -2.23. The number of rotatable bonds is 2. The van der Waals surface area contributed by atoms with Gasteiger partial charge < -0.3 is 5.32 Å². The van der Waals surface area contributed by atoms with Gasteiger partial charge >= 0.3 is 5.69 Å². The molecule has 0 aliphatic carbocycles. The lowest BCUT2D eigenvalue weighted by atomic mass is 10.2. The number of para-hydroxylation sites is 1. The SMILES string of the molecule is CNc1nc(=O)n(-c2ccccc2Cl)c2cc(Cl)c(F)cc12. The Balaban J connectivity index is 2.50. The average Bonchev–Trinajstić information content (AvgIpc) is 2.50. The minimum absolute atomic E-state index is 0.0824. The molecule has 1 aromatic heterocycles. The van der Waals surface area contributed by atoms with Crippen molar-refractivity contribution in [3.8, 4) is 5.69 Å². The molecule has 3 rings (SSSR count). The van der Waals surface area contributed by atoms with E-state index in [1.165, 1.54) is 16.7 Å². The second-order valence-electron chi connectivity index (χ2n) is 4.56. The number of nitrogens with one attached hydrogen (secondary N) is 1. The largest absolute Gasteiger partial charge is 0.372 e. The molecular weight excluding hydrogens is 328 g/mol. The Labute approximate surface area is 135 Å². The van der Waals surface area contributed by atoms with Crippen LogP contribution in [0.1, 0.15) is 0 Å². The van der Waals surface area contributed by atoms with Crippen LogP contribution >= 0.6 is 23.2 Å². The number of fused-ring (bicyclic) bond motifs is 1. The van der Waals surface area contributed by atoms with Crippen molar-refractivity contribution < 1.29 is 4.39 Å². The molecule has 112 valence electrons. The molecule has 0 bridgehead atoms. The summed E-state index contributed by atoms with van der Waals surface area (Å²) in [6.07, 6.45) is 0. The van der Waals surface area contributed by atoms with Crippen LogP contribution in [-0.2, 0) is 0 Å². The molecule has 4 nitrogen and oxygen atoms in total. The van der Waals surface area contributed by atoms with Gasteiger partial charge in [-0.05, 0) is 24.3 Å². The first-order valence-electron chi connectivity index (χ1n) is 6.37. The van der Waals surface area contributed by atoms with Crippen molar-refractivity contribution in [2.75, 3.05) is 12.4 Å². The molecule has 0 unspecified atom stereocenters. The number of hydrogen-bond donors (Lipinski definition) is 1. The number of halogens is 3. The number of benzene rings is 2. The third-order valence-electron chi connectivity index (χ3n) is 3.26. The molecular formula is C15H10Cl2FN3O. The third-order valence-corrected chi connectivity index (χ3v) is 3.87. The summed E-state index contributed by atoms with van der Waals surface area (Å²) in [6.45, 7) is 0. The second kappa shape index (κ2) is 5.59. The van der Waals surface area contributed by atoms with Gasteiger partial charge in [-0.3, -0.25) is 4.57 Å². The summed E-state index contributed by atoms with van der Waals surface area (Å²) in [6, 6.07) is 9.47. The summed E-state index contributed by atoms with van der Waals surface area (Å²) < 4.78 is 15.1. The van der Waals surface area contributed by atoms with Crippen LogP contribution in [0.2, 0.25) is 10.0 Å². The van der Waals surface area contributed by atoms with Crippen molar-refractivity contribution in [3.05, 3.63) is 62.7 Å². The van der Waals surface area contributed by atoms with Crippen LogP contribution in [0, 0.1) is 5.82 Å². The van der Waals surface area contributed by atoms with Gasteiger partial charge in [0.1, 0.15) is 11.6 Å². The maximum absolute atomic E-state index is 13.8. The van der Waals surface area contributed by atoms with Crippen LogP contribution in [0.4, 0.5) is 10.2 Å².